The lowest BCUT2D eigenvalue weighted by atomic mass is 10.3. The van der Waals surface area contributed by atoms with E-state index in [-0.39, 0.29) is 0 Å². The van der Waals surface area contributed by atoms with Crippen molar-refractivity contribution in [1.82, 2.24) is 5.32 Å². The van der Waals surface area contributed by atoms with E-state index in [2.05, 4.69) is 49.6 Å². The van der Waals surface area contributed by atoms with E-state index in [1.165, 1.54) is 6.42 Å². The summed E-state index contributed by atoms with van der Waals surface area (Å²) >= 11 is 4.23. The smallest absolute Gasteiger partial charge is 0.0712 e. The van der Waals surface area contributed by atoms with Crippen LogP contribution in [-0.4, -0.2) is 28.2 Å². The van der Waals surface area contributed by atoms with E-state index in [1.807, 2.05) is 7.05 Å². The van der Waals surface area contributed by atoms with Gasteiger partial charge in [0, 0.05) is 17.0 Å². The quantitative estimate of drug-likeness (QED) is 0.744. The van der Waals surface area contributed by atoms with Crippen molar-refractivity contribution in [3.05, 3.63) is 0 Å². The summed E-state index contributed by atoms with van der Waals surface area (Å²) in [5.74, 6) is 0. The Kier molecular flexibility index (Phi) is 3.80. The molecule has 3 heteroatoms. The van der Waals surface area contributed by atoms with Crippen LogP contribution in [0.5, 0.6) is 0 Å². The molecule has 1 N–H and O–H groups in total. The molecule has 0 amide bonds. The summed E-state index contributed by atoms with van der Waals surface area (Å²) in [4.78, 5) is 0. The lowest BCUT2D eigenvalue weighted by Gasteiger charge is -2.39. The molecule has 1 nitrogen and oxygen atoms in total. The lowest BCUT2D eigenvalue weighted by Crippen LogP contribution is -2.37. The maximum absolute atomic E-state index is 3.28. The third-order valence-electron chi connectivity index (χ3n) is 2.06. The van der Waals surface area contributed by atoms with Crippen LogP contribution < -0.4 is 5.32 Å². The van der Waals surface area contributed by atoms with E-state index in [1.54, 1.807) is 0 Å². The van der Waals surface area contributed by atoms with Gasteiger partial charge in [-0.2, -0.15) is 0 Å². The SMILES string of the molecule is CNCC1(C)SC(C)CC(C)S1. The molecule has 0 aromatic rings. The van der Waals surface area contributed by atoms with E-state index >= 15 is 0 Å². The van der Waals surface area contributed by atoms with Gasteiger partial charge in [0.2, 0.25) is 0 Å². The second-order valence-electron chi connectivity index (χ2n) is 3.76. The van der Waals surface area contributed by atoms with Gasteiger partial charge in [0.15, 0.2) is 0 Å². The van der Waals surface area contributed by atoms with Crippen LogP contribution in [0.25, 0.3) is 0 Å². The van der Waals surface area contributed by atoms with Gasteiger partial charge in [-0.1, -0.05) is 13.8 Å². The molecule has 1 aliphatic rings. The molecule has 0 saturated carbocycles. The van der Waals surface area contributed by atoms with Crippen molar-refractivity contribution in [1.29, 1.82) is 0 Å². The molecular formula is C9H19NS2. The number of hydrogen-bond donors (Lipinski definition) is 1. The minimum Gasteiger partial charge on any atom is -0.318 e. The average molecular weight is 205 g/mol. The normalized spacial score (nSPS) is 43.0. The van der Waals surface area contributed by atoms with Crippen LogP contribution in [0.1, 0.15) is 27.2 Å². The first-order valence-electron chi connectivity index (χ1n) is 4.56. The predicted molar refractivity (Wildman–Crippen MR) is 61.1 cm³/mol. The molecule has 0 aliphatic carbocycles. The minimum absolute atomic E-state index is 0.395. The summed E-state index contributed by atoms with van der Waals surface area (Å²) in [6.07, 6.45) is 1.36. The van der Waals surface area contributed by atoms with Gasteiger partial charge in [-0.15, -0.1) is 23.5 Å². The van der Waals surface area contributed by atoms with Crippen LogP contribution in [0.15, 0.2) is 0 Å². The standard InChI is InChI=1S/C9H19NS2/c1-7-5-8(2)12-9(3,11-7)6-10-4/h7-8,10H,5-6H2,1-4H3. The predicted octanol–water partition coefficient (Wildman–Crippen LogP) is 2.57. The van der Waals surface area contributed by atoms with E-state index in [9.17, 15) is 0 Å². The van der Waals surface area contributed by atoms with Gasteiger partial charge in [0.25, 0.3) is 0 Å². The average Bonchev–Trinajstić information content (AvgIpc) is 1.82. The first-order chi connectivity index (χ1) is 5.56. The first-order valence-corrected chi connectivity index (χ1v) is 6.32. The highest BCUT2D eigenvalue weighted by Crippen LogP contribution is 2.48. The Hall–Kier alpha value is 0.660. The molecule has 1 fully saturated rings. The highest BCUT2D eigenvalue weighted by atomic mass is 32.2. The largest absolute Gasteiger partial charge is 0.318 e. The second kappa shape index (κ2) is 4.25. The second-order valence-corrected chi connectivity index (χ2v) is 7.90. The Morgan fingerprint density at radius 3 is 2.25 bits per heavy atom. The summed E-state index contributed by atoms with van der Waals surface area (Å²) in [7, 11) is 2.04. The van der Waals surface area contributed by atoms with E-state index < -0.39 is 0 Å². The van der Waals surface area contributed by atoms with Crippen molar-refractivity contribution in [2.75, 3.05) is 13.6 Å². The highest BCUT2D eigenvalue weighted by Gasteiger charge is 2.34. The maximum atomic E-state index is 3.28. The molecule has 1 aliphatic heterocycles. The van der Waals surface area contributed by atoms with Crippen LogP contribution in [0.4, 0.5) is 0 Å². The van der Waals surface area contributed by atoms with Crippen molar-refractivity contribution in [3.8, 4) is 0 Å². The van der Waals surface area contributed by atoms with Crippen molar-refractivity contribution < 1.29 is 0 Å². The Morgan fingerprint density at radius 1 is 1.33 bits per heavy atom. The first kappa shape index (κ1) is 10.7. The zero-order valence-corrected chi connectivity index (χ0v) is 10.0. The molecule has 0 bridgehead atoms. The summed E-state index contributed by atoms with van der Waals surface area (Å²) < 4.78 is 0.395. The third-order valence-corrected chi connectivity index (χ3v) is 5.12. The molecule has 0 aromatic carbocycles. The van der Waals surface area contributed by atoms with Crippen molar-refractivity contribution in [2.24, 2.45) is 0 Å². The summed E-state index contributed by atoms with van der Waals surface area (Å²) in [5, 5.41) is 4.92. The Morgan fingerprint density at radius 2 is 1.83 bits per heavy atom. The fraction of sp³-hybridized carbons (Fsp3) is 1.00. The van der Waals surface area contributed by atoms with Gasteiger partial charge in [-0.3, -0.25) is 0 Å². The van der Waals surface area contributed by atoms with Gasteiger partial charge in [0.05, 0.1) is 4.08 Å². The summed E-state index contributed by atoms with van der Waals surface area (Å²) in [6.45, 7) is 8.14. The molecule has 1 heterocycles. The molecule has 0 aromatic heterocycles. The number of nitrogens with one attached hydrogen (secondary N) is 1. The Bertz CT molecular complexity index is 139. The Balaban J connectivity index is 2.52. The molecule has 1 rings (SSSR count). The fourth-order valence-corrected chi connectivity index (χ4v) is 6.10. The van der Waals surface area contributed by atoms with Crippen molar-refractivity contribution >= 4 is 23.5 Å². The molecule has 0 radical (unpaired) electrons. The van der Waals surface area contributed by atoms with Crippen LogP contribution >= 0.6 is 23.5 Å². The van der Waals surface area contributed by atoms with Gasteiger partial charge in [0.1, 0.15) is 0 Å². The Labute approximate surface area is 84.4 Å². The number of rotatable bonds is 2. The molecular weight excluding hydrogens is 186 g/mol. The van der Waals surface area contributed by atoms with Crippen LogP contribution in [0, 0.1) is 0 Å². The molecule has 2 atom stereocenters. The zero-order chi connectivity index (χ0) is 9.19. The molecule has 1 saturated heterocycles. The maximum Gasteiger partial charge on any atom is 0.0712 e. The van der Waals surface area contributed by atoms with Crippen LogP contribution in [0.2, 0.25) is 0 Å². The van der Waals surface area contributed by atoms with Gasteiger partial charge >= 0.3 is 0 Å². The zero-order valence-electron chi connectivity index (χ0n) is 8.39. The fourth-order valence-electron chi connectivity index (χ4n) is 1.85. The molecule has 2 unspecified atom stereocenters. The van der Waals surface area contributed by atoms with Crippen LogP contribution in [0.3, 0.4) is 0 Å². The highest BCUT2D eigenvalue weighted by molar-refractivity contribution is 8.19. The van der Waals surface area contributed by atoms with E-state index in [0.29, 0.717) is 4.08 Å². The van der Waals surface area contributed by atoms with E-state index in [0.717, 1.165) is 17.0 Å². The van der Waals surface area contributed by atoms with E-state index in [4.69, 9.17) is 0 Å². The van der Waals surface area contributed by atoms with Crippen molar-refractivity contribution in [3.63, 3.8) is 0 Å². The van der Waals surface area contributed by atoms with Gasteiger partial charge in [-0.25, -0.2) is 0 Å². The molecule has 12 heavy (non-hydrogen) atoms. The number of hydrogen-bond acceptors (Lipinski definition) is 3. The molecule has 0 spiro atoms. The summed E-state index contributed by atoms with van der Waals surface area (Å²) in [6, 6.07) is 0. The topological polar surface area (TPSA) is 12.0 Å². The van der Waals surface area contributed by atoms with Crippen LogP contribution in [-0.2, 0) is 0 Å². The summed E-state index contributed by atoms with van der Waals surface area (Å²) in [5.41, 5.74) is 0. The molecule has 72 valence electrons. The number of thioether (sulfide) groups is 2. The lowest BCUT2D eigenvalue weighted by molar-refractivity contribution is 0.707. The van der Waals surface area contributed by atoms with Gasteiger partial charge in [-0.05, 0) is 20.4 Å². The van der Waals surface area contributed by atoms with Gasteiger partial charge < -0.3 is 5.32 Å². The third kappa shape index (κ3) is 2.86. The monoisotopic (exact) mass is 205 g/mol. The minimum atomic E-state index is 0.395. The van der Waals surface area contributed by atoms with Crippen molar-refractivity contribution in [2.45, 2.75) is 41.8 Å².